The number of anilines is 2. The smallest absolute Gasteiger partial charge is 0.285 e. The Bertz CT molecular complexity index is 1060. The molecule has 4 heterocycles. The summed E-state index contributed by atoms with van der Waals surface area (Å²) in [5.41, 5.74) is 0.992. The van der Waals surface area contributed by atoms with Crippen LogP contribution in [0.15, 0.2) is 48.4 Å². The molecular formula is C16H10N6O2S2. The molecule has 4 aromatic rings. The monoisotopic (exact) mass is 382 g/mol. The minimum Gasteiger partial charge on any atom is -0.311 e. The molecule has 4 aromatic heterocycles. The molecule has 0 aliphatic heterocycles. The number of carbonyl (C=O) groups is 2. The Balaban J connectivity index is 1.53. The third kappa shape index (κ3) is 3.27. The summed E-state index contributed by atoms with van der Waals surface area (Å²) >= 11 is 2.51. The van der Waals surface area contributed by atoms with Crippen LogP contribution in [0.5, 0.6) is 0 Å². The van der Waals surface area contributed by atoms with Gasteiger partial charge in [-0.1, -0.05) is 0 Å². The van der Waals surface area contributed by atoms with Gasteiger partial charge in [-0.15, -0.1) is 22.7 Å². The Morgan fingerprint density at radius 1 is 1.00 bits per heavy atom. The minimum absolute atomic E-state index is 0.194. The maximum atomic E-state index is 12.5. The summed E-state index contributed by atoms with van der Waals surface area (Å²) in [5, 5.41) is 7.79. The van der Waals surface area contributed by atoms with E-state index in [0.29, 0.717) is 21.1 Å². The van der Waals surface area contributed by atoms with Crippen LogP contribution in [-0.4, -0.2) is 31.8 Å². The standard InChI is InChI=1S/C16H10N6O2S2/c23-12(22-16-18-4-1-5-19-16)9-3-7-25-14(9)21-13(24)15-20-10-8-17-6-2-11(10)26-15/h1-8H,(H,21,24)(H,18,19,22,23). The zero-order chi connectivity index (χ0) is 17.9. The zero-order valence-corrected chi connectivity index (χ0v) is 14.7. The summed E-state index contributed by atoms with van der Waals surface area (Å²) < 4.78 is 0.871. The highest BCUT2D eigenvalue weighted by Gasteiger charge is 2.19. The van der Waals surface area contributed by atoms with Gasteiger partial charge in [0, 0.05) is 18.6 Å². The number of aromatic nitrogens is 4. The molecule has 0 aliphatic carbocycles. The fraction of sp³-hybridized carbons (Fsp3) is 0. The largest absolute Gasteiger partial charge is 0.311 e. The van der Waals surface area contributed by atoms with E-state index in [0.717, 1.165) is 4.70 Å². The molecule has 0 fully saturated rings. The first-order chi connectivity index (χ1) is 12.7. The summed E-state index contributed by atoms with van der Waals surface area (Å²) in [6, 6.07) is 5.08. The van der Waals surface area contributed by atoms with Gasteiger partial charge < -0.3 is 5.32 Å². The summed E-state index contributed by atoms with van der Waals surface area (Å²) in [6.45, 7) is 0. The van der Waals surface area contributed by atoms with Crippen LogP contribution >= 0.6 is 22.7 Å². The molecule has 2 N–H and O–H groups in total. The van der Waals surface area contributed by atoms with E-state index in [9.17, 15) is 9.59 Å². The summed E-state index contributed by atoms with van der Waals surface area (Å²) in [7, 11) is 0. The third-order valence-electron chi connectivity index (χ3n) is 3.31. The van der Waals surface area contributed by atoms with E-state index >= 15 is 0 Å². The van der Waals surface area contributed by atoms with Gasteiger partial charge in [0.15, 0.2) is 5.01 Å². The lowest BCUT2D eigenvalue weighted by Gasteiger charge is -2.05. The molecule has 8 nitrogen and oxygen atoms in total. The van der Waals surface area contributed by atoms with E-state index < -0.39 is 5.91 Å². The fourth-order valence-corrected chi connectivity index (χ4v) is 3.76. The Morgan fingerprint density at radius 3 is 2.65 bits per heavy atom. The second-order valence-electron chi connectivity index (χ2n) is 5.01. The van der Waals surface area contributed by atoms with Gasteiger partial charge in [0.2, 0.25) is 5.95 Å². The summed E-state index contributed by atoms with van der Waals surface area (Å²) in [4.78, 5) is 41.0. The molecule has 0 bridgehead atoms. The van der Waals surface area contributed by atoms with Gasteiger partial charge in [-0.3, -0.25) is 19.9 Å². The number of rotatable bonds is 4. The maximum absolute atomic E-state index is 12.5. The van der Waals surface area contributed by atoms with Crippen molar-refractivity contribution in [2.45, 2.75) is 0 Å². The van der Waals surface area contributed by atoms with Crippen molar-refractivity contribution in [3.8, 4) is 0 Å². The lowest BCUT2D eigenvalue weighted by atomic mass is 10.3. The number of nitrogens with zero attached hydrogens (tertiary/aromatic N) is 4. The topological polar surface area (TPSA) is 110 Å². The number of amides is 2. The molecule has 0 aromatic carbocycles. The average Bonchev–Trinajstić information content (AvgIpc) is 3.29. The van der Waals surface area contributed by atoms with E-state index in [1.165, 1.54) is 35.1 Å². The molecule has 0 spiro atoms. The first kappa shape index (κ1) is 16.2. The Morgan fingerprint density at radius 2 is 1.85 bits per heavy atom. The van der Waals surface area contributed by atoms with E-state index in [-0.39, 0.29) is 11.9 Å². The van der Waals surface area contributed by atoms with Gasteiger partial charge in [0.25, 0.3) is 11.8 Å². The molecule has 0 atom stereocenters. The van der Waals surface area contributed by atoms with Crippen molar-refractivity contribution in [2.24, 2.45) is 0 Å². The molecular weight excluding hydrogens is 372 g/mol. The van der Waals surface area contributed by atoms with Gasteiger partial charge in [0.05, 0.1) is 16.5 Å². The summed E-state index contributed by atoms with van der Waals surface area (Å²) in [6.07, 6.45) is 6.31. The molecule has 10 heteroatoms. The molecule has 4 rings (SSSR count). The quantitative estimate of drug-likeness (QED) is 0.561. The number of pyridine rings is 1. The Labute approximate surface area is 155 Å². The molecule has 2 amide bonds. The molecule has 0 saturated heterocycles. The number of thiazole rings is 1. The van der Waals surface area contributed by atoms with Gasteiger partial charge in [-0.25, -0.2) is 15.0 Å². The van der Waals surface area contributed by atoms with E-state index in [4.69, 9.17) is 0 Å². The molecule has 0 radical (unpaired) electrons. The van der Waals surface area contributed by atoms with Gasteiger partial charge in [-0.2, -0.15) is 0 Å². The fourth-order valence-electron chi connectivity index (χ4n) is 2.15. The molecule has 128 valence electrons. The van der Waals surface area contributed by atoms with Crippen molar-refractivity contribution >= 4 is 55.7 Å². The first-order valence-electron chi connectivity index (χ1n) is 7.38. The van der Waals surface area contributed by atoms with Gasteiger partial charge >= 0.3 is 0 Å². The molecule has 0 aliphatic rings. The Kier molecular flexibility index (Phi) is 4.33. The highest BCUT2D eigenvalue weighted by atomic mass is 32.1. The number of fused-ring (bicyclic) bond motifs is 1. The maximum Gasteiger partial charge on any atom is 0.285 e. The van der Waals surface area contributed by atoms with Crippen molar-refractivity contribution in [2.75, 3.05) is 10.6 Å². The van der Waals surface area contributed by atoms with E-state index in [1.54, 1.807) is 36.0 Å². The number of nitrogens with one attached hydrogen (secondary N) is 2. The van der Waals surface area contributed by atoms with Crippen molar-refractivity contribution < 1.29 is 9.59 Å². The van der Waals surface area contributed by atoms with E-state index in [1.807, 2.05) is 0 Å². The lowest BCUT2D eigenvalue weighted by molar-refractivity contribution is 0.102. The van der Waals surface area contributed by atoms with E-state index in [2.05, 4.69) is 30.6 Å². The predicted octanol–water partition coefficient (Wildman–Crippen LogP) is 3.05. The number of hydrogen-bond acceptors (Lipinski definition) is 8. The van der Waals surface area contributed by atoms with Crippen LogP contribution in [0.3, 0.4) is 0 Å². The van der Waals surface area contributed by atoms with Crippen LogP contribution in [0.4, 0.5) is 10.9 Å². The average molecular weight is 382 g/mol. The van der Waals surface area contributed by atoms with Crippen molar-refractivity contribution in [1.82, 2.24) is 19.9 Å². The number of carbonyl (C=O) groups excluding carboxylic acids is 2. The normalized spacial score (nSPS) is 10.6. The van der Waals surface area contributed by atoms with Crippen LogP contribution in [0, 0.1) is 0 Å². The second-order valence-corrected chi connectivity index (χ2v) is 6.95. The predicted molar refractivity (Wildman–Crippen MR) is 99.7 cm³/mol. The molecule has 26 heavy (non-hydrogen) atoms. The summed E-state index contributed by atoms with van der Waals surface area (Å²) in [5.74, 6) is -0.584. The highest BCUT2D eigenvalue weighted by molar-refractivity contribution is 7.20. The Hall–Kier alpha value is -3.24. The highest BCUT2D eigenvalue weighted by Crippen LogP contribution is 2.26. The zero-order valence-electron chi connectivity index (χ0n) is 13.0. The molecule has 0 saturated carbocycles. The van der Waals surface area contributed by atoms with Gasteiger partial charge in [0.1, 0.15) is 10.5 Å². The van der Waals surface area contributed by atoms with Crippen LogP contribution in [0.2, 0.25) is 0 Å². The van der Waals surface area contributed by atoms with Crippen molar-refractivity contribution in [1.29, 1.82) is 0 Å². The number of thiophene rings is 1. The van der Waals surface area contributed by atoms with Crippen LogP contribution in [0.1, 0.15) is 20.2 Å². The second kappa shape index (κ2) is 6.94. The minimum atomic E-state index is -0.402. The number of hydrogen-bond donors (Lipinski definition) is 2. The first-order valence-corrected chi connectivity index (χ1v) is 9.08. The van der Waals surface area contributed by atoms with Crippen molar-refractivity contribution in [3.63, 3.8) is 0 Å². The van der Waals surface area contributed by atoms with Crippen LogP contribution < -0.4 is 10.6 Å². The van der Waals surface area contributed by atoms with Crippen molar-refractivity contribution in [3.05, 3.63) is 58.9 Å². The molecule has 0 unspecified atom stereocenters. The SMILES string of the molecule is O=C(Nc1sccc1C(=O)Nc1ncccn1)c1nc2cnccc2s1. The third-order valence-corrected chi connectivity index (χ3v) is 5.18. The van der Waals surface area contributed by atoms with Crippen LogP contribution in [0.25, 0.3) is 10.2 Å². The van der Waals surface area contributed by atoms with Gasteiger partial charge in [-0.05, 0) is 23.6 Å². The lowest BCUT2D eigenvalue weighted by Crippen LogP contribution is -2.17. The van der Waals surface area contributed by atoms with Crippen LogP contribution in [-0.2, 0) is 0 Å².